The zero-order valence-corrected chi connectivity index (χ0v) is 16.6. The van der Waals surface area contributed by atoms with Crippen LogP contribution in [0.4, 0.5) is 5.69 Å². The number of methoxy groups -OCH3 is 1. The molecule has 146 valence electrons. The van der Waals surface area contributed by atoms with Gasteiger partial charge in [-0.2, -0.15) is 5.26 Å². The molecule has 1 amide bonds. The Hall–Kier alpha value is -3.33. The van der Waals surface area contributed by atoms with Crippen molar-refractivity contribution in [3.8, 4) is 17.6 Å². The normalized spacial score (nSPS) is 10.1. The Morgan fingerprint density at radius 3 is 2.32 bits per heavy atom. The number of ketones is 1. The largest absolute Gasteiger partial charge is 0.493 e. The summed E-state index contributed by atoms with van der Waals surface area (Å²) in [4.78, 5) is 25.9. The van der Waals surface area contributed by atoms with Gasteiger partial charge < -0.3 is 14.4 Å². The third-order valence-corrected chi connectivity index (χ3v) is 4.19. The smallest absolute Gasteiger partial charge is 0.264 e. The van der Waals surface area contributed by atoms with E-state index in [4.69, 9.17) is 14.7 Å². The summed E-state index contributed by atoms with van der Waals surface area (Å²) in [5.74, 6) is 0.411. The minimum absolute atomic E-state index is 0.0848. The fourth-order valence-electron chi connectivity index (χ4n) is 2.89. The molecule has 0 aromatic heterocycles. The van der Waals surface area contributed by atoms with Gasteiger partial charge in [-0.05, 0) is 62.2 Å². The van der Waals surface area contributed by atoms with E-state index in [2.05, 4.69) is 6.07 Å². The number of anilines is 1. The summed E-state index contributed by atoms with van der Waals surface area (Å²) in [5.41, 5.74) is 3.31. The third-order valence-electron chi connectivity index (χ3n) is 4.19. The summed E-state index contributed by atoms with van der Waals surface area (Å²) in [6.07, 6.45) is 0.218. The SMILES string of the molecule is COc1cc(C(C)=O)ccc1OCC(=O)N(CCC#N)c1cc(C)cc(C)c1. The molecule has 0 aliphatic carbocycles. The number of hydrogen-bond acceptors (Lipinski definition) is 5. The van der Waals surface area contributed by atoms with Crippen molar-refractivity contribution in [2.75, 3.05) is 25.2 Å². The molecule has 0 unspecified atom stereocenters. The van der Waals surface area contributed by atoms with Crippen molar-refractivity contribution < 1.29 is 19.1 Å². The zero-order valence-electron chi connectivity index (χ0n) is 16.6. The fourth-order valence-corrected chi connectivity index (χ4v) is 2.89. The van der Waals surface area contributed by atoms with Gasteiger partial charge in [-0.1, -0.05) is 6.07 Å². The van der Waals surface area contributed by atoms with E-state index in [1.165, 1.54) is 14.0 Å². The molecule has 0 fully saturated rings. The number of aryl methyl sites for hydroxylation is 2. The quantitative estimate of drug-likeness (QED) is 0.650. The molecule has 0 N–H and O–H groups in total. The van der Waals surface area contributed by atoms with Crippen LogP contribution in [0.2, 0.25) is 0 Å². The number of Topliss-reactive ketones (excluding diaryl/α,β-unsaturated/α-hetero) is 1. The molecule has 6 nitrogen and oxygen atoms in total. The average Bonchev–Trinajstić information content (AvgIpc) is 2.65. The first-order valence-corrected chi connectivity index (χ1v) is 8.93. The minimum Gasteiger partial charge on any atom is -0.493 e. The second-order valence-corrected chi connectivity index (χ2v) is 6.51. The van der Waals surface area contributed by atoms with Gasteiger partial charge in [-0.15, -0.1) is 0 Å². The number of rotatable bonds is 8. The third kappa shape index (κ3) is 5.34. The molecule has 0 bridgehead atoms. The molecule has 28 heavy (non-hydrogen) atoms. The number of carbonyl (C=O) groups is 2. The molecule has 0 saturated carbocycles. The fraction of sp³-hybridized carbons (Fsp3) is 0.318. The van der Waals surface area contributed by atoms with Crippen LogP contribution in [-0.4, -0.2) is 32.0 Å². The monoisotopic (exact) mass is 380 g/mol. The highest BCUT2D eigenvalue weighted by atomic mass is 16.5. The number of hydrogen-bond donors (Lipinski definition) is 0. The molecule has 0 saturated heterocycles. The minimum atomic E-state index is -0.266. The molecule has 0 aliphatic heterocycles. The summed E-state index contributed by atoms with van der Waals surface area (Å²) < 4.78 is 10.9. The van der Waals surface area contributed by atoms with Crippen molar-refractivity contribution in [1.29, 1.82) is 5.26 Å². The van der Waals surface area contributed by atoms with Gasteiger partial charge in [0, 0.05) is 17.8 Å². The molecular weight excluding hydrogens is 356 g/mol. The van der Waals surface area contributed by atoms with E-state index in [0.29, 0.717) is 17.1 Å². The van der Waals surface area contributed by atoms with Crippen molar-refractivity contribution in [3.05, 3.63) is 53.1 Å². The maximum absolute atomic E-state index is 12.8. The van der Waals surface area contributed by atoms with Crippen LogP contribution in [-0.2, 0) is 4.79 Å². The predicted molar refractivity (Wildman–Crippen MR) is 107 cm³/mol. The predicted octanol–water partition coefficient (Wildman–Crippen LogP) is 3.84. The Balaban J connectivity index is 2.20. The van der Waals surface area contributed by atoms with Crippen LogP contribution in [0, 0.1) is 25.2 Å². The number of carbonyl (C=O) groups excluding carboxylic acids is 2. The highest BCUT2D eigenvalue weighted by Crippen LogP contribution is 2.28. The van der Waals surface area contributed by atoms with Crippen LogP contribution in [0.1, 0.15) is 34.8 Å². The summed E-state index contributed by atoms with van der Waals surface area (Å²) in [7, 11) is 1.47. The molecule has 2 aromatic carbocycles. The second kappa shape index (κ2) is 9.56. The Morgan fingerprint density at radius 2 is 1.75 bits per heavy atom. The lowest BCUT2D eigenvalue weighted by Crippen LogP contribution is -2.35. The van der Waals surface area contributed by atoms with Gasteiger partial charge in [0.1, 0.15) is 0 Å². The second-order valence-electron chi connectivity index (χ2n) is 6.51. The number of amides is 1. The first-order chi connectivity index (χ1) is 13.3. The summed E-state index contributed by atoms with van der Waals surface area (Å²) in [6, 6.07) is 12.7. The standard InChI is InChI=1S/C22H24N2O4/c1-15-10-16(2)12-19(11-15)24(9-5-8-23)22(26)14-28-20-7-6-18(17(3)25)13-21(20)27-4/h6-7,10-13H,5,9,14H2,1-4H3. The van der Waals surface area contributed by atoms with E-state index in [1.54, 1.807) is 23.1 Å². The van der Waals surface area contributed by atoms with Gasteiger partial charge >= 0.3 is 0 Å². The van der Waals surface area contributed by atoms with Crippen LogP contribution in [0.5, 0.6) is 11.5 Å². The van der Waals surface area contributed by atoms with Gasteiger partial charge in [0.2, 0.25) is 0 Å². The van der Waals surface area contributed by atoms with Crippen molar-refractivity contribution in [2.24, 2.45) is 0 Å². The molecule has 2 rings (SSSR count). The topological polar surface area (TPSA) is 79.6 Å². The zero-order chi connectivity index (χ0) is 20.7. The molecule has 0 radical (unpaired) electrons. The van der Waals surface area contributed by atoms with E-state index in [0.717, 1.165) is 16.8 Å². The van der Waals surface area contributed by atoms with Crippen LogP contribution in [0.3, 0.4) is 0 Å². The highest BCUT2D eigenvalue weighted by molar-refractivity contribution is 5.95. The van der Waals surface area contributed by atoms with Crippen LogP contribution in [0.15, 0.2) is 36.4 Å². The van der Waals surface area contributed by atoms with Crippen LogP contribution >= 0.6 is 0 Å². The van der Waals surface area contributed by atoms with Gasteiger partial charge in [0.25, 0.3) is 5.91 Å². The van der Waals surface area contributed by atoms with Gasteiger partial charge in [0.05, 0.1) is 19.6 Å². The lowest BCUT2D eigenvalue weighted by molar-refractivity contribution is -0.120. The van der Waals surface area contributed by atoms with Crippen molar-refractivity contribution >= 4 is 17.4 Å². The van der Waals surface area contributed by atoms with E-state index in [9.17, 15) is 9.59 Å². The molecule has 2 aromatic rings. The van der Waals surface area contributed by atoms with E-state index >= 15 is 0 Å². The van der Waals surface area contributed by atoms with Gasteiger partial charge in [-0.3, -0.25) is 9.59 Å². The first kappa shape index (κ1) is 21.0. The van der Waals surface area contributed by atoms with Gasteiger partial charge in [-0.25, -0.2) is 0 Å². The summed E-state index contributed by atoms with van der Waals surface area (Å²) in [6.45, 7) is 5.45. The lowest BCUT2D eigenvalue weighted by atomic mass is 10.1. The number of nitrogens with zero attached hydrogens (tertiary/aromatic N) is 2. The van der Waals surface area contributed by atoms with E-state index < -0.39 is 0 Å². The molecule has 0 heterocycles. The summed E-state index contributed by atoms with van der Waals surface area (Å²) >= 11 is 0. The Labute approximate surface area is 165 Å². The Bertz CT molecular complexity index is 895. The maximum atomic E-state index is 12.8. The lowest BCUT2D eigenvalue weighted by Gasteiger charge is -2.23. The molecule has 0 aliphatic rings. The first-order valence-electron chi connectivity index (χ1n) is 8.93. The van der Waals surface area contributed by atoms with Crippen LogP contribution in [0.25, 0.3) is 0 Å². The number of benzene rings is 2. The van der Waals surface area contributed by atoms with Crippen molar-refractivity contribution in [3.63, 3.8) is 0 Å². The van der Waals surface area contributed by atoms with Crippen LogP contribution < -0.4 is 14.4 Å². The molecule has 6 heteroatoms. The number of ether oxygens (including phenoxy) is 2. The maximum Gasteiger partial charge on any atom is 0.264 e. The Kier molecular flexibility index (Phi) is 7.16. The summed E-state index contributed by atoms with van der Waals surface area (Å²) in [5, 5.41) is 8.94. The molecule has 0 atom stereocenters. The highest BCUT2D eigenvalue weighted by Gasteiger charge is 2.18. The number of nitriles is 1. The molecule has 0 spiro atoms. The Morgan fingerprint density at radius 1 is 1.07 bits per heavy atom. The van der Waals surface area contributed by atoms with Gasteiger partial charge in [0.15, 0.2) is 23.9 Å². The molecular formula is C22H24N2O4. The average molecular weight is 380 g/mol. The van der Waals surface area contributed by atoms with Crippen molar-refractivity contribution in [2.45, 2.75) is 27.2 Å². The van der Waals surface area contributed by atoms with E-state index in [-0.39, 0.29) is 31.3 Å². The van der Waals surface area contributed by atoms with E-state index in [1.807, 2.05) is 32.0 Å². The van der Waals surface area contributed by atoms with Crippen molar-refractivity contribution in [1.82, 2.24) is 0 Å².